The van der Waals surface area contributed by atoms with Crippen LogP contribution in [0, 0.1) is 5.92 Å². The number of amides is 1. The van der Waals surface area contributed by atoms with Gasteiger partial charge in [0.1, 0.15) is 5.75 Å². The van der Waals surface area contributed by atoms with Crippen molar-refractivity contribution in [3.8, 4) is 5.75 Å². The van der Waals surface area contributed by atoms with Crippen molar-refractivity contribution in [2.45, 2.75) is 52.0 Å². The monoisotopic (exact) mass is 520 g/mol. The first-order chi connectivity index (χ1) is 17.0. The van der Waals surface area contributed by atoms with Gasteiger partial charge in [-0.25, -0.2) is 0 Å². The number of likely N-dealkylation sites (tertiary alicyclic amines) is 1. The van der Waals surface area contributed by atoms with E-state index in [1.54, 1.807) is 12.1 Å². The minimum Gasteiger partial charge on any atom is -0.496 e. The second-order valence-corrected chi connectivity index (χ2v) is 10.9. The minimum absolute atomic E-state index is 0.164. The van der Waals surface area contributed by atoms with E-state index in [9.17, 15) is 4.79 Å². The van der Waals surface area contributed by atoms with Crippen LogP contribution in [-0.2, 0) is 6.54 Å². The molecule has 1 aromatic heterocycles. The van der Waals surface area contributed by atoms with Crippen LogP contribution < -0.4 is 15.8 Å². The quantitative estimate of drug-likeness (QED) is 0.253. The van der Waals surface area contributed by atoms with Gasteiger partial charge in [0.15, 0.2) is 0 Å². The number of nitrogens with two attached hydrogens (primary N) is 1. The molecule has 194 valence electrons. The molecule has 0 spiro atoms. The number of nitrogens with zero attached hydrogens (tertiary/aromatic N) is 2. The normalized spacial score (nSPS) is 15.0. The van der Waals surface area contributed by atoms with Gasteiger partial charge in [0.05, 0.1) is 23.4 Å². The molecule has 6 nitrogen and oxygen atoms in total. The van der Waals surface area contributed by atoms with E-state index in [4.69, 9.17) is 22.1 Å². The fourth-order valence-electron chi connectivity index (χ4n) is 4.66. The van der Waals surface area contributed by atoms with Crippen LogP contribution in [0.4, 0.5) is 5.69 Å². The average molecular weight is 521 g/mol. The van der Waals surface area contributed by atoms with Crippen LogP contribution in [0.3, 0.4) is 0 Å². The Hall–Kier alpha value is -1.80. The molecule has 1 saturated heterocycles. The first-order valence-corrected chi connectivity index (χ1v) is 14.1. The highest BCUT2D eigenvalue weighted by atomic mass is 35.5. The fraction of sp³-hybridized carbons (Fsp3) is 0.593. The lowest BCUT2D eigenvalue weighted by Gasteiger charge is -2.32. The number of nitrogens with one attached hydrogen (secondary N) is 1. The van der Waals surface area contributed by atoms with Crippen molar-refractivity contribution in [3.05, 3.63) is 45.1 Å². The van der Waals surface area contributed by atoms with Crippen LogP contribution in [-0.4, -0.2) is 62.1 Å². The van der Waals surface area contributed by atoms with Crippen LogP contribution in [0.25, 0.3) is 0 Å². The van der Waals surface area contributed by atoms with Crippen molar-refractivity contribution in [1.29, 1.82) is 0 Å². The van der Waals surface area contributed by atoms with E-state index < -0.39 is 0 Å². The molecule has 2 aromatic rings. The smallest absolute Gasteiger partial charge is 0.255 e. The first kappa shape index (κ1) is 27.8. The number of methoxy groups -OCH3 is 1. The summed E-state index contributed by atoms with van der Waals surface area (Å²) in [6.45, 7) is 9.75. The Labute approximate surface area is 219 Å². The van der Waals surface area contributed by atoms with E-state index in [2.05, 4.69) is 39.6 Å². The van der Waals surface area contributed by atoms with Crippen molar-refractivity contribution in [2.24, 2.45) is 5.92 Å². The molecule has 1 fully saturated rings. The number of benzene rings is 1. The van der Waals surface area contributed by atoms with Gasteiger partial charge in [-0.3, -0.25) is 9.69 Å². The standard InChI is InChI=1S/C27H41ClN4O2S/c1-3-31(20-22-9-8-16-35-22)12-6-4-5-7-13-32-14-10-21(11-15-32)19-30-27(33)23-17-24(28)25(29)18-26(23)34-2/h8-9,16-18,21H,3-7,10-15,19-20,29H2,1-2H3,(H,30,33). The molecule has 0 saturated carbocycles. The summed E-state index contributed by atoms with van der Waals surface area (Å²) in [7, 11) is 1.53. The Morgan fingerprint density at radius 2 is 2.03 bits per heavy atom. The van der Waals surface area contributed by atoms with Gasteiger partial charge in [-0.15, -0.1) is 11.3 Å². The molecule has 0 aliphatic carbocycles. The summed E-state index contributed by atoms with van der Waals surface area (Å²) in [5.74, 6) is 0.793. The van der Waals surface area contributed by atoms with Crippen molar-refractivity contribution < 1.29 is 9.53 Å². The molecule has 8 heteroatoms. The van der Waals surface area contributed by atoms with Crippen LogP contribution in [0.15, 0.2) is 29.6 Å². The predicted molar refractivity (Wildman–Crippen MR) is 148 cm³/mol. The highest BCUT2D eigenvalue weighted by Gasteiger charge is 2.21. The molecule has 0 unspecified atom stereocenters. The Morgan fingerprint density at radius 1 is 1.26 bits per heavy atom. The van der Waals surface area contributed by atoms with Gasteiger partial charge >= 0.3 is 0 Å². The van der Waals surface area contributed by atoms with Crippen molar-refractivity contribution in [3.63, 3.8) is 0 Å². The van der Waals surface area contributed by atoms with E-state index in [1.807, 2.05) is 11.3 Å². The number of halogens is 1. The highest BCUT2D eigenvalue weighted by molar-refractivity contribution is 7.09. The third-order valence-electron chi connectivity index (χ3n) is 6.93. The molecule has 0 bridgehead atoms. The zero-order valence-electron chi connectivity index (χ0n) is 21.2. The van der Waals surface area contributed by atoms with Crippen LogP contribution in [0.1, 0.15) is 60.7 Å². The number of carbonyl (C=O) groups is 1. The second-order valence-electron chi connectivity index (χ2n) is 9.43. The molecular formula is C27H41ClN4O2S. The van der Waals surface area contributed by atoms with Gasteiger partial charge in [0.2, 0.25) is 0 Å². The van der Waals surface area contributed by atoms with E-state index in [-0.39, 0.29) is 5.91 Å². The lowest BCUT2D eigenvalue weighted by molar-refractivity contribution is 0.0933. The third kappa shape index (κ3) is 8.98. The molecule has 1 aromatic carbocycles. The zero-order chi connectivity index (χ0) is 25.0. The summed E-state index contributed by atoms with van der Waals surface area (Å²) in [6.07, 6.45) is 7.41. The maximum Gasteiger partial charge on any atom is 0.255 e. The number of carbonyl (C=O) groups excluding carboxylic acids is 1. The van der Waals surface area contributed by atoms with E-state index in [1.165, 1.54) is 50.8 Å². The van der Waals surface area contributed by atoms with Gasteiger partial charge in [-0.05, 0) is 81.8 Å². The summed E-state index contributed by atoms with van der Waals surface area (Å²) in [6, 6.07) is 7.55. The van der Waals surface area contributed by atoms with Gasteiger partial charge in [0.25, 0.3) is 5.91 Å². The van der Waals surface area contributed by atoms with E-state index >= 15 is 0 Å². The summed E-state index contributed by atoms with van der Waals surface area (Å²) < 4.78 is 5.30. The topological polar surface area (TPSA) is 70.8 Å². The van der Waals surface area contributed by atoms with Gasteiger partial charge in [0, 0.05) is 24.0 Å². The number of rotatable bonds is 14. The fourth-order valence-corrected chi connectivity index (χ4v) is 5.57. The number of unbranched alkanes of at least 4 members (excludes halogenated alkanes) is 3. The Bertz CT molecular complexity index is 901. The summed E-state index contributed by atoms with van der Waals surface area (Å²) in [4.78, 5) is 19.3. The number of ether oxygens (including phenoxy) is 1. The van der Waals surface area contributed by atoms with E-state index in [0.29, 0.717) is 34.5 Å². The first-order valence-electron chi connectivity index (χ1n) is 12.9. The van der Waals surface area contributed by atoms with Crippen LogP contribution in [0.2, 0.25) is 5.02 Å². The molecule has 1 amide bonds. The molecular weight excluding hydrogens is 480 g/mol. The maximum absolute atomic E-state index is 12.7. The SMILES string of the molecule is CCN(CCCCCCN1CCC(CNC(=O)c2cc(Cl)c(N)cc2OC)CC1)Cc1cccs1. The lowest BCUT2D eigenvalue weighted by atomic mass is 9.96. The predicted octanol–water partition coefficient (Wildman–Crippen LogP) is 5.52. The molecule has 35 heavy (non-hydrogen) atoms. The van der Waals surface area contributed by atoms with Crippen LogP contribution in [0.5, 0.6) is 5.75 Å². The van der Waals surface area contributed by atoms with Gasteiger partial charge < -0.3 is 20.7 Å². The largest absolute Gasteiger partial charge is 0.496 e. The third-order valence-corrected chi connectivity index (χ3v) is 8.12. The lowest BCUT2D eigenvalue weighted by Crippen LogP contribution is -2.39. The number of hydrogen-bond acceptors (Lipinski definition) is 6. The zero-order valence-corrected chi connectivity index (χ0v) is 22.8. The second kappa shape index (κ2) is 14.7. The maximum atomic E-state index is 12.7. The summed E-state index contributed by atoms with van der Waals surface area (Å²) in [5.41, 5.74) is 6.65. The summed E-state index contributed by atoms with van der Waals surface area (Å²) in [5, 5.41) is 5.59. The molecule has 3 rings (SSSR count). The van der Waals surface area contributed by atoms with Crippen molar-refractivity contribution in [1.82, 2.24) is 15.1 Å². The molecule has 0 radical (unpaired) electrons. The Balaban J connectivity index is 1.26. The Kier molecular flexibility index (Phi) is 11.7. The molecule has 1 aliphatic rings. The molecule has 0 atom stereocenters. The van der Waals surface area contributed by atoms with Crippen LogP contribution >= 0.6 is 22.9 Å². The van der Waals surface area contributed by atoms with E-state index in [0.717, 1.165) is 39.0 Å². The van der Waals surface area contributed by atoms with Crippen molar-refractivity contribution in [2.75, 3.05) is 52.1 Å². The number of nitrogen functional groups attached to an aromatic ring is 1. The average Bonchev–Trinajstić information content (AvgIpc) is 3.39. The highest BCUT2D eigenvalue weighted by Crippen LogP contribution is 2.29. The minimum atomic E-state index is -0.164. The molecule has 3 N–H and O–H groups in total. The van der Waals surface area contributed by atoms with Crippen molar-refractivity contribution >= 4 is 34.5 Å². The summed E-state index contributed by atoms with van der Waals surface area (Å²) >= 11 is 7.95. The van der Waals surface area contributed by atoms with Gasteiger partial charge in [-0.1, -0.05) is 37.4 Å². The number of thiophene rings is 1. The number of hydrogen-bond donors (Lipinski definition) is 2. The van der Waals surface area contributed by atoms with Gasteiger partial charge in [-0.2, -0.15) is 0 Å². The molecule has 1 aliphatic heterocycles. The molecule has 2 heterocycles. The number of anilines is 1. The Morgan fingerprint density at radius 3 is 2.71 bits per heavy atom. The number of piperidine rings is 1.